The highest BCUT2D eigenvalue weighted by molar-refractivity contribution is 6.31. The van der Waals surface area contributed by atoms with Gasteiger partial charge in [-0.25, -0.2) is 0 Å². The van der Waals surface area contributed by atoms with E-state index in [2.05, 4.69) is 0 Å². The van der Waals surface area contributed by atoms with Crippen molar-refractivity contribution in [3.05, 3.63) is 22.6 Å². The minimum absolute atomic E-state index is 0.400. The van der Waals surface area contributed by atoms with Crippen molar-refractivity contribution >= 4 is 11.6 Å². The molecule has 0 unspecified atom stereocenters. The summed E-state index contributed by atoms with van der Waals surface area (Å²) in [5, 5.41) is 0.706. The molecule has 2 N–H and O–H groups in total. The number of halogens is 1. The van der Waals surface area contributed by atoms with Gasteiger partial charge in [0, 0.05) is 19.1 Å². The Morgan fingerprint density at radius 3 is 2.71 bits per heavy atom. The quantitative estimate of drug-likeness (QED) is 0.824. The molecule has 78 valence electrons. The summed E-state index contributed by atoms with van der Waals surface area (Å²) in [7, 11) is 0. The summed E-state index contributed by atoms with van der Waals surface area (Å²) in [6.45, 7) is 1.99. The van der Waals surface area contributed by atoms with Gasteiger partial charge >= 0.3 is 0 Å². The molecule has 0 spiro atoms. The first-order chi connectivity index (χ1) is 6.81. The predicted molar refractivity (Wildman–Crippen MR) is 54.4 cm³/mol. The molecule has 1 aliphatic heterocycles. The van der Waals surface area contributed by atoms with Crippen LogP contribution in [-0.4, -0.2) is 13.2 Å². The fraction of sp³-hybridized carbons (Fsp3) is 0.600. The van der Waals surface area contributed by atoms with Crippen molar-refractivity contribution < 1.29 is 9.15 Å². The number of hydrogen-bond acceptors (Lipinski definition) is 3. The molecule has 1 fully saturated rings. The normalized spacial score (nSPS) is 18.7. The van der Waals surface area contributed by atoms with E-state index in [1.807, 2.05) is 6.07 Å². The maximum atomic E-state index is 6.07. The first-order valence-electron chi connectivity index (χ1n) is 4.87. The van der Waals surface area contributed by atoms with E-state index in [0.717, 1.165) is 37.6 Å². The Morgan fingerprint density at radius 1 is 1.43 bits per heavy atom. The molecule has 1 saturated heterocycles. The van der Waals surface area contributed by atoms with Crippen LogP contribution < -0.4 is 5.73 Å². The van der Waals surface area contributed by atoms with Gasteiger partial charge in [0.2, 0.25) is 0 Å². The van der Waals surface area contributed by atoms with Crippen LogP contribution in [-0.2, 0) is 11.3 Å². The van der Waals surface area contributed by atoms with E-state index in [1.165, 1.54) is 0 Å². The lowest BCUT2D eigenvalue weighted by Crippen LogP contribution is -2.13. The fourth-order valence-electron chi connectivity index (χ4n) is 1.77. The third-order valence-corrected chi connectivity index (χ3v) is 2.85. The lowest BCUT2D eigenvalue weighted by Gasteiger charge is -2.20. The molecule has 2 rings (SSSR count). The topological polar surface area (TPSA) is 48.4 Å². The highest BCUT2D eigenvalue weighted by Crippen LogP contribution is 2.34. The first kappa shape index (κ1) is 10.0. The zero-order chi connectivity index (χ0) is 9.97. The van der Waals surface area contributed by atoms with Gasteiger partial charge < -0.3 is 14.9 Å². The predicted octanol–water partition coefficient (Wildman–Crippen LogP) is 2.29. The zero-order valence-electron chi connectivity index (χ0n) is 7.96. The summed E-state index contributed by atoms with van der Waals surface area (Å²) in [4.78, 5) is 0. The smallest absolute Gasteiger partial charge is 0.126 e. The molecule has 1 aromatic rings. The Labute approximate surface area is 88.2 Å². The van der Waals surface area contributed by atoms with Crippen LogP contribution in [0, 0.1) is 0 Å². The molecule has 0 aliphatic carbocycles. The van der Waals surface area contributed by atoms with E-state index in [4.69, 9.17) is 26.5 Å². The lowest BCUT2D eigenvalue weighted by molar-refractivity contribution is 0.0804. The molecule has 0 bridgehead atoms. The van der Waals surface area contributed by atoms with Crippen LogP contribution in [0.25, 0.3) is 0 Å². The first-order valence-corrected chi connectivity index (χ1v) is 5.25. The van der Waals surface area contributed by atoms with Gasteiger partial charge in [-0.3, -0.25) is 0 Å². The minimum Gasteiger partial charge on any atom is -0.463 e. The van der Waals surface area contributed by atoms with Gasteiger partial charge in [0.1, 0.15) is 11.5 Å². The van der Waals surface area contributed by atoms with Gasteiger partial charge in [-0.15, -0.1) is 0 Å². The van der Waals surface area contributed by atoms with Gasteiger partial charge in [0.15, 0.2) is 0 Å². The summed E-state index contributed by atoms with van der Waals surface area (Å²) < 4.78 is 10.9. The average molecular weight is 216 g/mol. The molecule has 3 nitrogen and oxygen atoms in total. The molecule has 1 aromatic heterocycles. The molecular formula is C10H14ClNO2. The third kappa shape index (κ3) is 1.95. The number of ether oxygens (including phenoxy) is 1. The number of rotatable bonds is 2. The second-order valence-electron chi connectivity index (χ2n) is 3.52. The second kappa shape index (κ2) is 4.34. The van der Waals surface area contributed by atoms with Crippen molar-refractivity contribution in [2.75, 3.05) is 13.2 Å². The third-order valence-electron chi connectivity index (χ3n) is 2.56. The van der Waals surface area contributed by atoms with E-state index in [-0.39, 0.29) is 0 Å². The summed E-state index contributed by atoms with van der Waals surface area (Å²) in [6, 6.07) is 1.81. The Hall–Kier alpha value is -0.510. The summed E-state index contributed by atoms with van der Waals surface area (Å²) in [6.07, 6.45) is 1.97. The van der Waals surface area contributed by atoms with Gasteiger partial charge in [0.25, 0.3) is 0 Å². The highest BCUT2D eigenvalue weighted by Gasteiger charge is 2.22. The molecule has 2 heterocycles. The van der Waals surface area contributed by atoms with E-state index in [1.54, 1.807) is 0 Å². The van der Waals surface area contributed by atoms with Crippen LogP contribution in [0.3, 0.4) is 0 Å². The monoisotopic (exact) mass is 215 g/mol. The van der Waals surface area contributed by atoms with Crippen molar-refractivity contribution in [1.82, 2.24) is 0 Å². The molecular weight excluding hydrogens is 202 g/mol. The zero-order valence-corrected chi connectivity index (χ0v) is 8.72. The van der Waals surface area contributed by atoms with Gasteiger partial charge in [-0.05, 0) is 18.9 Å². The maximum Gasteiger partial charge on any atom is 0.126 e. The molecule has 0 radical (unpaired) electrons. The van der Waals surface area contributed by atoms with Crippen molar-refractivity contribution in [3.8, 4) is 0 Å². The molecule has 0 saturated carbocycles. The highest BCUT2D eigenvalue weighted by atomic mass is 35.5. The number of hydrogen-bond donors (Lipinski definition) is 1. The molecule has 4 heteroatoms. The van der Waals surface area contributed by atoms with Crippen LogP contribution in [0.15, 0.2) is 10.5 Å². The molecule has 1 aliphatic rings. The molecule has 0 aromatic carbocycles. The Kier molecular flexibility index (Phi) is 3.11. The summed E-state index contributed by atoms with van der Waals surface area (Å²) >= 11 is 6.07. The molecule has 0 atom stereocenters. The van der Waals surface area contributed by atoms with E-state index in [0.29, 0.717) is 17.5 Å². The lowest BCUT2D eigenvalue weighted by atomic mass is 9.98. The largest absolute Gasteiger partial charge is 0.463 e. The van der Waals surface area contributed by atoms with Crippen LogP contribution in [0.4, 0.5) is 0 Å². The minimum atomic E-state index is 0.400. The van der Waals surface area contributed by atoms with Crippen LogP contribution in [0.2, 0.25) is 5.02 Å². The van der Waals surface area contributed by atoms with Gasteiger partial charge in [-0.1, -0.05) is 11.6 Å². The maximum absolute atomic E-state index is 6.07. The summed E-state index contributed by atoms with van der Waals surface area (Å²) in [5.41, 5.74) is 5.48. The van der Waals surface area contributed by atoms with E-state index >= 15 is 0 Å². The van der Waals surface area contributed by atoms with Crippen molar-refractivity contribution in [3.63, 3.8) is 0 Å². The molecule has 0 amide bonds. The number of nitrogens with two attached hydrogens (primary N) is 1. The molecule has 14 heavy (non-hydrogen) atoms. The van der Waals surface area contributed by atoms with Crippen molar-refractivity contribution in [2.24, 2.45) is 5.73 Å². The summed E-state index contributed by atoms with van der Waals surface area (Å²) in [5.74, 6) is 2.04. The second-order valence-corrected chi connectivity index (χ2v) is 3.92. The van der Waals surface area contributed by atoms with Gasteiger partial charge in [0.05, 0.1) is 11.6 Å². The van der Waals surface area contributed by atoms with E-state index < -0.39 is 0 Å². The van der Waals surface area contributed by atoms with Crippen molar-refractivity contribution in [1.29, 1.82) is 0 Å². The Morgan fingerprint density at radius 2 is 2.14 bits per heavy atom. The SMILES string of the molecule is NCc1cc(Cl)c(C2CCOCC2)o1. The average Bonchev–Trinajstić information content (AvgIpc) is 2.61. The Bertz CT molecular complexity index is 305. The van der Waals surface area contributed by atoms with Crippen LogP contribution in [0.1, 0.15) is 30.3 Å². The number of furan rings is 1. The Balaban J connectivity index is 2.17. The fourth-order valence-corrected chi connectivity index (χ4v) is 2.09. The standard InChI is InChI=1S/C10H14ClNO2/c11-9-5-8(6-12)14-10(9)7-1-3-13-4-2-7/h5,7H,1-4,6,12H2. The van der Waals surface area contributed by atoms with E-state index in [9.17, 15) is 0 Å². The van der Waals surface area contributed by atoms with Crippen molar-refractivity contribution in [2.45, 2.75) is 25.3 Å². The van der Waals surface area contributed by atoms with Gasteiger partial charge in [-0.2, -0.15) is 0 Å². The van der Waals surface area contributed by atoms with Crippen LogP contribution >= 0.6 is 11.6 Å². The van der Waals surface area contributed by atoms with Crippen LogP contribution in [0.5, 0.6) is 0 Å².